The molecule has 2 heterocycles. The van der Waals surface area contributed by atoms with E-state index in [1.807, 2.05) is 0 Å². The first kappa shape index (κ1) is 13.3. The highest BCUT2D eigenvalue weighted by atomic mass is 16.1. The van der Waals surface area contributed by atoms with Gasteiger partial charge in [0.25, 0.3) is 0 Å². The summed E-state index contributed by atoms with van der Waals surface area (Å²) < 4.78 is 0. The van der Waals surface area contributed by atoms with Crippen LogP contribution in [0.4, 0.5) is 5.82 Å². The van der Waals surface area contributed by atoms with Crippen LogP contribution in [0.1, 0.15) is 32.1 Å². The van der Waals surface area contributed by atoms with Crippen molar-refractivity contribution < 1.29 is 4.79 Å². The smallest absolute Gasteiger partial charge is 0.224 e. The van der Waals surface area contributed by atoms with Crippen LogP contribution in [-0.4, -0.2) is 35.5 Å². The summed E-state index contributed by atoms with van der Waals surface area (Å²) in [7, 11) is 0. The molecule has 5 heteroatoms. The molecule has 1 saturated heterocycles. The van der Waals surface area contributed by atoms with Crippen molar-refractivity contribution in [3.8, 4) is 0 Å². The van der Waals surface area contributed by atoms with Gasteiger partial charge in [-0.15, -0.1) is 0 Å². The maximum Gasteiger partial charge on any atom is 0.224 e. The first-order chi connectivity index (χ1) is 9.83. The number of aromatic nitrogens is 2. The first-order valence-electron chi connectivity index (χ1n) is 7.61. The second-order valence-corrected chi connectivity index (χ2v) is 5.89. The van der Waals surface area contributed by atoms with Crippen molar-refractivity contribution in [2.24, 2.45) is 11.8 Å². The van der Waals surface area contributed by atoms with Crippen LogP contribution in [0.25, 0.3) is 0 Å². The topological polar surface area (TPSA) is 58.1 Å². The van der Waals surface area contributed by atoms with E-state index >= 15 is 0 Å². The Hall–Kier alpha value is -1.65. The quantitative estimate of drug-likeness (QED) is 0.906. The molecule has 1 unspecified atom stereocenters. The molecule has 1 aromatic rings. The molecule has 0 aromatic carbocycles. The van der Waals surface area contributed by atoms with Crippen molar-refractivity contribution in [2.45, 2.75) is 32.1 Å². The van der Waals surface area contributed by atoms with E-state index in [1.54, 1.807) is 18.6 Å². The highest BCUT2D eigenvalue weighted by Gasteiger charge is 2.27. The third-order valence-corrected chi connectivity index (χ3v) is 4.46. The molecule has 2 fully saturated rings. The second kappa shape index (κ2) is 6.20. The van der Waals surface area contributed by atoms with E-state index < -0.39 is 0 Å². The van der Waals surface area contributed by atoms with Crippen molar-refractivity contribution in [1.29, 1.82) is 0 Å². The first-order valence-corrected chi connectivity index (χ1v) is 7.61. The maximum atomic E-state index is 12.2. The number of hydrogen-bond acceptors (Lipinski definition) is 4. The number of nitrogens with one attached hydrogen (secondary N) is 1. The molecule has 1 aliphatic heterocycles. The lowest BCUT2D eigenvalue weighted by molar-refractivity contribution is -0.125. The van der Waals surface area contributed by atoms with E-state index in [-0.39, 0.29) is 11.8 Å². The molecule has 1 N–H and O–H groups in total. The summed E-state index contributed by atoms with van der Waals surface area (Å²) in [5.74, 6) is 1.90. The van der Waals surface area contributed by atoms with Crippen LogP contribution in [0.3, 0.4) is 0 Å². The fourth-order valence-electron chi connectivity index (χ4n) is 2.94. The minimum atomic E-state index is 0.0887. The minimum absolute atomic E-state index is 0.0887. The fraction of sp³-hybridized carbons (Fsp3) is 0.667. The summed E-state index contributed by atoms with van der Waals surface area (Å²) in [4.78, 5) is 22.8. The summed E-state index contributed by atoms with van der Waals surface area (Å²) in [6.45, 7) is 2.58. The number of carbonyl (C=O) groups is 1. The van der Waals surface area contributed by atoms with Gasteiger partial charge in [-0.1, -0.05) is 6.42 Å². The highest BCUT2D eigenvalue weighted by Crippen LogP contribution is 2.26. The Morgan fingerprint density at radius 3 is 2.90 bits per heavy atom. The molecule has 0 spiro atoms. The van der Waals surface area contributed by atoms with Crippen molar-refractivity contribution in [3.05, 3.63) is 18.6 Å². The van der Waals surface area contributed by atoms with E-state index in [2.05, 4.69) is 20.2 Å². The van der Waals surface area contributed by atoms with Gasteiger partial charge < -0.3 is 10.2 Å². The molecule has 1 amide bonds. The van der Waals surface area contributed by atoms with Gasteiger partial charge in [0.15, 0.2) is 0 Å². The molecule has 5 nitrogen and oxygen atoms in total. The van der Waals surface area contributed by atoms with E-state index in [9.17, 15) is 4.79 Å². The van der Waals surface area contributed by atoms with Crippen LogP contribution in [0, 0.1) is 11.8 Å². The van der Waals surface area contributed by atoms with Crippen LogP contribution < -0.4 is 10.2 Å². The van der Waals surface area contributed by atoms with Crippen molar-refractivity contribution in [1.82, 2.24) is 15.3 Å². The van der Waals surface area contributed by atoms with Crippen molar-refractivity contribution in [3.63, 3.8) is 0 Å². The largest absolute Gasteiger partial charge is 0.356 e. The molecule has 1 saturated carbocycles. The van der Waals surface area contributed by atoms with Crippen LogP contribution >= 0.6 is 0 Å². The highest BCUT2D eigenvalue weighted by molar-refractivity contribution is 5.79. The normalized spacial score (nSPS) is 23.2. The molecule has 1 aromatic heterocycles. The van der Waals surface area contributed by atoms with E-state index in [4.69, 9.17) is 0 Å². The van der Waals surface area contributed by atoms with Gasteiger partial charge >= 0.3 is 0 Å². The van der Waals surface area contributed by atoms with Gasteiger partial charge in [-0.3, -0.25) is 9.78 Å². The van der Waals surface area contributed by atoms with Gasteiger partial charge in [0.05, 0.1) is 12.1 Å². The molecule has 0 bridgehead atoms. The van der Waals surface area contributed by atoms with Crippen LogP contribution in [-0.2, 0) is 4.79 Å². The lowest BCUT2D eigenvalue weighted by atomic mass is 9.85. The van der Waals surface area contributed by atoms with Gasteiger partial charge in [-0.25, -0.2) is 4.98 Å². The van der Waals surface area contributed by atoms with E-state index in [0.29, 0.717) is 0 Å². The maximum absolute atomic E-state index is 12.2. The van der Waals surface area contributed by atoms with Gasteiger partial charge in [0, 0.05) is 32.0 Å². The zero-order chi connectivity index (χ0) is 13.8. The molecular formula is C15H22N4O. The molecule has 1 aliphatic carbocycles. The van der Waals surface area contributed by atoms with Crippen LogP contribution in [0.2, 0.25) is 0 Å². The molecule has 2 aliphatic rings. The number of anilines is 1. The SMILES string of the molecule is O=C(NCC1CCC1)C1CCCN(c2cnccn2)C1. The molecule has 108 valence electrons. The zero-order valence-electron chi connectivity index (χ0n) is 11.8. The Morgan fingerprint density at radius 2 is 2.20 bits per heavy atom. The molecule has 1 atom stereocenters. The second-order valence-electron chi connectivity index (χ2n) is 5.89. The predicted octanol–water partition coefficient (Wildman–Crippen LogP) is 1.61. The molecule has 20 heavy (non-hydrogen) atoms. The summed E-state index contributed by atoms with van der Waals surface area (Å²) >= 11 is 0. The van der Waals surface area contributed by atoms with Crippen molar-refractivity contribution in [2.75, 3.05) is 24.5 Å². The Morgan fingerprint density at radius 1 is 1.30 bits per heavy atom. The van der Waals surface area contributed by atoms with E-state index in [1.165, 1.54) is 19.3 Å². The monoisotopic (exact) mass is 274 g/mol. The zero-order valence-corrected chi connectivity index (χ0v) is 11.8. The lowest BCUT2D eigenvalue weighted by Crippen LogP contribution is -2.44. The third-order valence-electron chi connectivity index (χ3n) is 4.46. The van der Waals surface area contributed by atoms with Crippen LogP contribution in [0.15, 0.2) is 18.6 Å². The van der Waals surface area contributed by atoms with Gasteiger partial charge in [-0.05, 0) is 31.6 Å². The van der Waals surface area contributed by atoms with Crippen molar-refractivity contribution >= 4 is 11.7 Å². The Labute approximate surface area is 119 Å². The Bertz CT molecular complexity index is 446. The molecule has 0 radical (unpaired) electrons. The predicted molar refractivity (Wildman–Crippen MR) is 77.3 cm³/mol. The van der Waals surface area contributed by atoms with Gasteiger partial charge in [0.2, 0.25) is 5.91 Å². The molecular weight excluding hydrogens is 252 g/mol. The number of amides is 1. The fourth-order valence-corrected chi connectivity index (χ4v) is 2.94. The van der Waals surface area contributed by atoms with E-state index in [0.717, 1.165) is 44.2 Å². The average Bonchev–Trinajstić information content (AvgIpc) is 2.46. The number of hydrogen-bond donors (Lipinski definition) is 1. The minimum Gasteiger partial charge on any atom is -0.356 e. The number of piperidine rings is 1. The standard InChI is InChI=1S/C15H22N4O/c20-15(18-9-12-3-1-4-12)13-5-2-8-19(11-13)14-10-16-6-7-17-14/h6-7,10,12-13H,1-5,8-9,11H2,(H,18,20). The summed E-state index contributed by atoms with van der Waals surface area (Å²) in [5, 5.41) is 3.12. The number of nitrogens with zero attached hydrogens (tertiary/aromatic N) is 3. The number of carbonyl (C=O) groups excluding carboxylic acids is 1. The number of rotatable bonds is 4. The molecule has 3 rings (SSSR count). The Balaban J connectivity index is 1.53. The van der Waals surface area contributed by atoms with Gasteiger partial charge in [0.1, 0.15) is 5.82 Å². The summed E-state index contributed by atoms with van der Waals surface area (Å²) in [6, 6.07) is 0. The summed E-state index contributed by atoms with van der Waals surface area (Å²) in [6.07, 6.45) is 11.0. The van der Waals surface area contributed by atoms with Gasteiger partial charge in [-0.2, -0.15) is 0 Å². The van der Waals surface area contributed by atoms with Crippen LogP contribution in [0.5, 0.6) is 0 Å². The lowest BCUT2D eigenvalue weighted by Gasteiger charge is -2.33. The Kier molecular flexibility index (Phi) is 4.14. The third kappa shape index (κ3) is 3.08. The summed E-state index contributed by atoms with van der Waals surface area (Å²) in [5.41, 5.74) is 0. The average molecular weight is 274 g/mol.